The Morgan fingerprint density at radius 3 is 1.94 bits per heavy atom. The van der Waals surface area contributed by atoms with Crippen LogP contribution in [0.3, 0.4) is 0 Å². The number of para-hydroxylation sites is 1. The molecule has 4 aromatic heterocycles. The Balaban J connectivity index is 1.17. The monoisotopic (exact) mass is 657 g/mol. The molecule has 4 nitrogen and oxygen atoms in total. The SMILES string of the molecule is c1ccc(-c2cc(-c3ccc(-c4cccnc4)cc3)nc(-c3ccc(-c4ccc5c(c4)sc4ccccc45)c4c3oc3ccccc34)n2)cc1. The van der Waals surface area contributed by atoms with Gasteiger partial charge >= 0.3 is 0 Å². The van der Waals surface area contributed by atoms with E-state index in [1.54, 1.807) is 6.20 Å². The molecular weight excluding hydrogens is 631 g/mol. The molecule has 0 fully saturated rings. The highest BCUT2D eigenvalue weighted by molar-refractivity contribution is 7.25. The van der Waals surface area contributed by atoms with Crippen LogP contribution in [0.1, 0.15) is 0 Å². The predicted octanol–water partition coefficient (Wildman–Crippen LogP) is 12.5. The third-order valence-electron chi connectivity index (χ3n) is 9.43. The first-order chi connectivity index (χ1) is 24.8. The van der Waals surface area contributed by atoms with Crippen LogP contribution in [0.15, 0.2) is 168 Å². The summed E-state index contributed by atoms with van der Waals surface area (Å²) >= 11 is 1.83. The number of thiophene rings is 1. The van der Waals surface area contributed by atoms with Crippen molar-refractivity contribution >= 4 is 53.4 Å². The van der Waals surface area contributed by atoms with Gasteiger partial charge < -0.3 is 4.42 Å². The van der Waals surface area contributed by atoms with Gasteiger partial charge in [-0.3, -0.25) is 4.98 Å². The summed E-state index contributed by atoms with van der Waals surface area (Å²) in [4.78, 5) is 14.7. The molecule has 0 spiro atoms. The minimum absolute atomic E-state index is 0.619. The first-order valence-corrected chi connectivity index (χ1v) is 17.4. The molecule has 0 aliphatic rings. The van der Waals surface area contributed by atoms with Gasteiger partial charge in [0.15, 0.2) is 5.82 Å². The van der Waals surface area contributed by atoms with E-state index in [9.17, 15) is 0 Å². The molecule has 0 saturated heterocycles. The standard InChI is InChI=1S/C45H27N3OS/c1-2-9-29(10-3-1)38-26-39(30-18-16-28(17-19-30)32-11-8-24-46-27-32)48-45(47-38)37-23-22-33(43-36-13-4-6-14-40(36)49-44(37)43)31-20-21-35-34-12-5-7-15-41(34)50-42(35)25-31/h1-27H. The number of benzene rings is 6. The van der Waals surface area contributed by atoms with E-state index in [2.05, 4.69) is 120 Å². The van der Waals surface area contributed by atoms with E-state index >= 15 is 0 Å². The van der Waals surface area contributed by atoms with Gasteiger partial charge in [-0.25, -0.2) is 9.97 Å². The lowest BCUT2D eigenvalue weighted by molar-refractivity contribution is 0.669. The molecule has 0 aliphatic heterocycles. The van der Waals surface area contributed by atoms with Crippen LogP contribution in [0.25, 0.3) is 98.3 Å². The minimum Gasteiger partial charge on any atom is -0.455 e. The van der Waals surface area contributed by atoms with E-state index in [1.807, 2.05) is 53.9 Å². The van der Waals surface area contributed by atoms with Crippen LogP contribution < -0.4 is 0 Å². The van der Waals surface area contributed by atoms with E-state index < -0.39 is 0 Å². The van der Waals surface area contributed by atoms with Crippen molar-refractivity contribution in [1.82, 2.24) is 15.0 Å². The van der Waals surface area contributed by atoms with Gasteiger partial charge in [-0.2, -0.15) is 0 Å². The average Bonchev–Trinajstić information content (AvgIpc) is 3.77. The molecule has 0 amide bonds. The summed E-state index contributed by atoms with van der Waals surface area (Å²) in [6.07, 6.45) is 3.68. The van der Waals surface area contributed by atoms with Gasteiger partial charge in [0.1, 0.15) is 11.2 Å². The summed E-state index contributed by atoms with van der Waals surface area (Å²) in [7, 11) is 0. The summed E-state index contributed by atoms with van der Waals surface area (Å²) in [5.74, 6) is 0.619. The van der Waals surface area contributed by atoms with Crippen molar-refractivity contribution in [2.24, 2.45) is 0 Å². The lowest BCUT2D eigenvalue weighted by Gasteiger charge is -2.12. The van der Waals surface area contributed by atoms with Gasteiger partial charge in [0, 0.05) is 54.5 Å². The molecule has 0 atom stereocenters. The Kier molecular flexibility index (Phi) is 6.64. The molecule has 6 aromatic carbocycles. The summed E-state index contributed by atoms with van der Waals surface area (Å²) in [6, 6.07) is 52.9. The van der Waals surface area contributed by atoms with Crippen LogP contribution >= 0.6 is 11.3 Å². The van der Waals surface area contributed by atoms with Crippen LogP contribution in [-0.4, -0.2) is 15.0 Å². The quantitative estimate of drug-likeness (QED) is 0.185. The van der Waals surface area contributed by atoms with Crippen LogP contribution in [0.4, 0.5) is 0 Å². The van der Waals surface area contributed by atoms with Crippen molar-refractivity contribution in [2.75, 3.05) is 0 Å². The van der Waals surface area contributed by atoms with Crippen LogP contribution in [0.2, 0.25) is 0 Å². The Hall–Kier alpha value is -6.43. The number of fused-ring (bicyclic) bond motifs is 6. The maximum atomic E-state index is 6.71. The molecule has 4 heterocycles. The normalized spacial score (nSPS) is 11.6. The fraction of sp³-hybridized carbons (Fsp3) is 0. The molecule has 0 unspecified atom stereocenters. The molecule has 10 aromatic rings. The second kappa shape index (κ2) is 11.6. The maximum Gasteiger partial charge on any atom is 0.164 e. The van der Waals surface area contributed by atoms with Crippen LogP contribution in [-0.2, 0) is 0 Å². The molecule has 234 valence electrons. The van der Waals surface area contributed by atoms with Gasteiger partial charge in [0.05, 0.1) is 17.0 Å². The molecule has 50 heavy (non-hydrogen) atoms. The molecule has 0 radical (unpaired) electrons. The third-order valence-corrected chi connectivity index (χ3v) is 10.6. The van der Waals surface area contributed by atoms with Gasteiger partial charge in [-0.05, 0) is 58.7 Å². The van der Waals surface area contributed by atoms with Crippen molar-refractivity contribution in [3.8, 4) is 56.2 Å². The van der Waals surface area contributed by atoms with Crippen molar-refractivity contribution in [3.63, 3.8) is 0 Å². The van der Waals surface area contributed by atoms with E-state index in [0.717, 1.165) is 72.3 Å². The lowest BCUT2D eigenvalue weighted by atomic mass is 9.96. The first-order valence-electron chi connectivity index (χ1n) is 16.6. The minimum atomic E-state index is 0.619. The maximum absolute atomic E-state index is 6.71. The van der Waals surface area contributed by atoms with E-state index in [0.29, 0.717) is 5.82 Å². The van der Waals surface area contributed by atoms with E-state index in [-0.39, 0.29) is 0 Å². The Morgan fingerprint density at radius 2 is 1.12 bits per heavy atom. The highest BCUT2D eigenvalue weighted by atomic mass is 32.1. The van der Waals surface area contributed by atoms with Crippen molar-refractivity contribution in [3.05, 3.63) is 164 Å². The zero-order valence-corrected chi connectivity index (χ0v) is 27.6. The number of rotatable bonds is 5. The fourth-order valence-corrected chi connectivity index (χ4v) is 8.12. The number of pyridine rings is 1. The fourth-order valence-electron chi connectivity index (χ4n) is 6.98. The van der Waals surface area contributed by atoms with Gasteiger partial charge in [-0.15, -0.1) is 11.3 Å². The van der Waals surface area contributed by atoms with Crippen molar-refractivity contribution in [2.45, 2.75) is 0 Å². The number of aromatic nitrogens is 3. The molecule has 0 N–H and O–H groups in total. The van der Waals surface area contributed by atoms with Crippen LogP contribution in [0, 0.1) is 0 Å². The first kappa shape index (κ1) is 28.6. The lowest BCUT2D eigenvalue weighted by Crippen LogP contribution is -1.96. The largest absolute Gasteiger partial charge is 0.455 e. The van der Waals surface area contributed by atoms with E-state index in [1.165, 1.54) is 20.2 Å². The van der Waals surface area contributed by atoms with Crippen molar-refractivity contribution in [1.29, 1.82) is 0 Å². The highest BCUT2D eigenvalue weighted by Crippen LogP contribution is 2.43. The Labute approximate surface area is 292 Å². The van der Waals surface area contributed by atoms with Crippen LogP contribution in [0.5, 0.6) is 0 Å². The Bertz CT molecular complexity index is 2860. The molecule has 10 rings (SSSR count). The molecule has 0 bridgehead atoms. The number of hydrogen-bond acceptors (Lipinski definition) is 5. The summed E-state index contributed by atoms with van der Waals surface area (Å²) < 4.78 is 9.28. The summed E-state index contributed by atoms with van der Waals surface area (Å²) in [5, 5.41) is 4.72. The van der Waals surface area contributed by atoms with Gasteiger partial charge in [0.2, 0.25) is 0 Å². The third kappa shape index (κ3) is 4.79. The molecule has 0 saturated carbocycles. The smallest absolute Gasteiger partial charge is 0.164 e. The summed E-state index contributed by atoms with van der Waals surface area (Å²) in [5.41, 5.74) is 10.7. The topological polar surface area (TPSA) is 51.8 Å². The number of furan rings is 1. The van der Waals surface area contributed by atoms with Gasteiger partial charge in [0.25, 0.3) is 0 Å². The molecule has 5 heteroatoms. The predicted molar refractivity (Wildman–Crippen MR) is 207 cm³/mol. The number of hydrogen-bond donors (Lipinski definition) is 0. The van der Waals surface area contributed by atoms with Crippen molar-refractivity contribution < 1.29 is 4.42 Å². The zero-order chi connectivity index (χ0) is 33.0. The molecular formula is C45H27N3OS. The zero-order valence-electron chi connectivity index (χ0n) is 26.7. The van der Waals surface area contributed by atoms with Gasteiger partial charge in [-0.1, -0.05) is 115 Å². The number of nitrogens with zero attached hydrogens (tertiary/aromatic N) is 3. The highest BCUT2D eigenvalue weighted by Gasteiger charge is 2.20. The summed E-state index contributed by atoms with van der Waals surface area (Å²) in [6.45, 7) is 0. The second-order valence-electron chi connectivity index (χ2n) is 12.4. The Morgan fingerprint density at radius 1 is 0.460 bits per heavy atom. The second-order valence-corrected chi connectivity index (χ2v) is 13.5. The van der Waals surface area contributed by atoms with E-state index in [4.69, 9.17) is 14.4 Å². The average molecular weight is 658 g/mol. The molecule has 0 aliphatic carbocycles.